The van der Waals surface area contributed by atoms with E-state index in [1.165, 1.54) is 11.1 Å². The van der Waals surface area contributed by atoms with Gasteiger partial charge in [-0.2, -0.15) is 0 Å². The van der Waals surface area contributed by atoms with Crippen LogP contribution in [0.25, 0.3) is 0 Å². The van der Waals surface area contributed by atoms with E-state index in [1.807, 2.05) is 0 Å². The fourth-order valence-corrected chi connectivity index (χ4v) is 0.921. The molecule has 5 N–H and O–H groups in total. The van der Waals surface area contributed by atoms with E-state index in [-0.39, 0.29) is 0 Å². The first-order valence-corrected chi connectivity index (χ1v) is 3.84. The van der Waals surface area contributed by atoms with Crippen molar-refractivity contribution in [3.63, 3.8) is 0 Å². The molecule has 3 heteroatoms. The Labute approximate surface area is 73.0 Å². The zero-order chi connectivity index (χ0) is 9.40. The minimum atomic E-state index is 0.739. The van der Waals surface area contributed by atoms with Gasteiger partial charge in [-0.15, -0.1) is 0 Å². The molecule has 0 saturated heterocycles. The van der Waals surface area contributed by atoms with Crippen molar-refractivity contribution in [2.45, 2.75) is 13.3 Å². The Hall–Kier alpha value is -0.900. The van der Waals surface area contributed by atoms with Crippen LogP contribution < -0.4 is 11.6 Å². The Bertz CT molecular complexity index is 196. The van der Waals surface area contributed by atoms with Crippen molar-refractivity contribution in [2.75, 3.05) is 6.54 Å². The standard InChI is InChI=1S/C9H13N.H3NO/c1-8-2-4-9(5-3-8)6-7-10;1-2/h2-5H,6-7,10H2,1H3;2H,1H2. The van der Waals surface area contributed by atoms with Crippen molar-refractivity contribution >= 4 is 0 Å². The van der Waals surface area contributed by atoms with Crippen molar-refractivity contribution in [1.82, 2.24) is 0 Å². The number of rotatable bonds is 2. The van der Waals surface area contributed by atoms with Gasteiger partial charge in [0, 0.05) is 0 Å². The maximum atomic E-state index is 6.50. The van der Waals surface area contributed by atoms with Crippen molar-refractivity contribution in [3.05, 3.63) is 35.4 Å². The van der Waals surface area contributed by atoms with Gasteiger partial charge in [0.1, 0.15) is 0 Å². The summed E-state index contributed by atoms with van der Waals surface area (Å²) < 4.78 is 0. The summed E-state index contributed by atoms with van der Waals surface area (Å²) in [5.41, 5.74) is 8.03. The van der Waals surface area contributed by atoms with Gasteiger partial charge in [0.15, 0.2) is 0 Å². The molecule has 0 atom stereocenters. The molecule has 0 unspecified atom stereocenters. The second-order valence-electron chi connectivity index (χ2n) is 2.52. The highest BCUT2D eigenvalue weighted by Crippen LogP contribution is 2.02. The molecule has 0 heterocycles. The molecule has 12 heavy (non-hydrogen) atoms. The molecule has 0 amide bonds. The Balaban J connectivity index is 0.000000561. The van der Waals surface area contributed by atoms with Crippen LogP contribution in [0.5, 0.6) is 0 Å². The SMILES string of the molecule is Cc1ccc(CCN)cc1.NO. The van der Waals surface area contributed by atoms with Gasteiger partial charge in [-0.25, -0.2) is 5.90 Å². The molecule has 1 rings (SSSR count). The van der Waals surface area contributed by atoms with E-state index in [9.17, 15) is 0 Å². The van der Waals surface area contributed by atoms with Crippen molar-refractivity contribution < 1.29 is 5.21 Å². The first-order chi connectivity index (χ1) is 5.83. The summed E-state index contributed by atoms with van der Waals surface area (Å²) in [5, 5.41) is 6.50. The summed E-state index contributed by atoms with van der Waals surface area (Å²) in [7, 11) is 0. The smallest absolute Gasteiger partial charge is 0.00367 e. The number of nitrogens with two attached hydrogens (primary N) is 2. The fourth-order valence-electron chi connectivity index (χ4n) is 0.921. The fraction of sp³-hybridized carbons (Fsp3) is 0.333. The Kier molecular flexibility index (Phi) is 6.28. The predicted molar refractivity (Wildman–Crippen MR) is 49.9 cm³/mol. The lowest BCUT2D eigenvalue weighted by Crippen LogP contribution is -2.02. The minimum absolute atomic E-state index is 0.739. The van der Waals surface area contributed by atoms with Crippen molar-refractivity contribution in [3.8, 4) is 0 Å². The summed E-state index contributed by atoms with van der Waals surface area (Å²) in [6.07, 6.45) is 0.986. The zero-order valence-electron chi connectivity index (χ0n) is 7.33. The minimum Gasteiger partial charge on any atom is -0.330 e. The highest BCUT2D eigenvalue weighted by Gasteiger charge is 1.88. The van der Waals surface area contributed by atoms with Crippen LogP contribution >= 0.6 is 0 Å². The van der Waals surface area contributed by atoms with Crippen molar-refractivity contribution in [2.24, 2.45) is 11.6 Å². The molecule has 0 aliphatic carbocycles. The third-order valence-electron chi connectivity index (χ3n) is 1.55. The summed E-state index contributed by atoms with van der Waals surface area (Å²) in [6, 6.07) is 8.49. The predicted octanol–water partition coefficient (Wildman–Crippen LogP) is 0.831. The molecular formula is C9H16N2O. The molecule has 3 nitrogen and oxygen atoms in total. The van der Waals surface area contributed by atoms with E-state index in [0.717, 1.165) is 13.0 Å². The van der Waals surface area contributed by atoms with Gasteiger partial charge in [0.2, 0.25) is 0 Å². The average Bonchev–Trinajstić information content (AvgIpc) is 2.13. The lowest BCUT2D eigenvalue weighted by molar-refractivity contribution is 0.311. The van der Waals surface area contributed by atoms with E-state index in [2.05, 4.69) is 37.1 Å². The Morgan fingerprint density at radius 1 is 1.17 bits per heavy atom. The third kappa shape index (κ3) is 4.08. The molecular weight excluding hydrogens is 152 g/mol. The van der Waals surface area contributed by atoms with Crippen LogP contribution in [0.1, 0.15) is 11.1 Å². The Morgan fingerprint density at radius 2 is 1.67 bits per heavy atom. The number of aryl methyl sites for hydroxylation is 1. The molecule has 0 aliphatic heterocycles. The molecule has 0 spiro atoms. The maximum Gasteiger partial charge on any atom is -0.00367 e. The van der Waals surface area contributed by atoms with Crippen LogP contribution in [0, 0.1) is 6.92 Å². The maximum absolute atomic E-state index is 6.50. The van der Waals surface area contributed by atoms with Crippen LogP contribution in [0.2, 0.25) is 0 Å². The van der Waals surface area contributed by atoms with E-state index >= 15 is 0 Å². The van der Waals surface area contributed by atoms with Crippen LogP contribution in [-0.4, -0.2) is 11.8 Å². The van der Waals surface area contributed by atoms with E-state index in [4.69, 9.17) is 10.9 Å². The van der Waals surface area contributed by atoms with Gasteiger partial charge >= 0.3 is 0 Å². The molecule has 1 aromatic carbocycles. The van der Waals surface area contributed by atoms with Crippen LogP contribution in [-0.2, 0) is 6.42 Å². The molecule has 0 fully saturated rings. The highest BCUT2D eigenvalue weighted by molar-refractivity contribution is 5.21. The summed E-state index contributed by atoms with van der Waals surface area (Å²) >= 11 is 0. The van der Waals surface area contributed by atoms with Crippen LogP contribution in [0.15, 0.2) is 24.3 Å². The average molecular weight is 168 g/mol. The van der Waals surface area contributed by atoms with Crippen LogP contribution in [0.3, 0.4) is 0 Å². The normalized spacial score (nSPS) is 8.67. The quantitative estimate of drug-likeness (QED) is 0.573. The Morgan fingerprint density at radius 3 is 2.08 bits per heavy atom. The highest BCUT2D eigenvalue weighted by atomic mass is 16.4. The van der Waals surface area contributed by atoms with E-state index in [0.29, 0.717) is 0 Å². The molecule has 0 radical (unpaired) electrons. The van der Waals surface area contributed by atoms with Gasteiger partial charge in [0.05, 0.1) is 0 Å². The largest absolute Gasteiger partial charge is 0.330 e. The summed E-state index contributed by atoms with van der Waals surface area (Å²) in [5.74, 6) is 3.50. The van der Waals surface area contributed by atoms with Crippen molar-refractivity contribution in [1.29, 1.82) is 0 Å². The van der Waals surface area contributed by atoms with Gasteiger partial charge in [-0.3, -0.25) is 0 Å². The summed E-state index contributed by atoms with van der Waals surface area (Å²) in [4.78, 5) is 0. The molecule has 0 aromatic heterocycles. The van der Waals surface area contributed by atoms with Crippen LogP contribution in [0.4, 0.5) is 0 Å². The second kappa shape index (κ2) is 6.79. The molecule has 0 saturated carbocycles. The summed E-state index contributed by atoms with van der Waals surface area (Å²) in [6.45, 7) is 2.83. The molecule has 0 bridgehead atoms. The first-order valence-electron chi connectivity index (χ1n) is 3.84. The number of benzene rings is 1. The lowest BCUT2D eigenvalue weighted by atomic mass is 10.1. The first kappa shape index (κ1) is 11.1. The van der Waals surface area contributed by atoms with Gasteiger partial charge in [-0.1, -0.05) is 29.8 Å². The van der Waals surface area contributed by atoms with E-state index < -0.39 is 0 Å². The van der Waals surface area contributed by atoms with Gasteiger partial charge in [0.25, 0.3) is 0 Å². The van der Waals surface area contributed by atoms with Gasteiger partial charge < -0.3 is 10.9 Å². The number of hydrogen-bond acceptors (Lipinski definition) is 3. The van der Waals surface area contributed by atoms with E-state index in [1.54, 1.807) is 0 Å². The molecule has 68 valence electrons. The lowest BCUT2D eigenvalue weighted by Gasteiger charge is -1.97. The third-order valence-corrected chi connectivity index (χ3v) is 1.55. The topological polar surface area (TPSA) is 72.3 Å². The second-order valence-corrected chi connectivity index (χ2v) is 2.52. The van der Waals surface area contributed by atoms with Gasteiger partial charge in [-0.05, 0) is 25.5 Å². The number of hydrogen-bond donors (Lipinski definition) is 3. The zero-order valence-corrected chi connectivity index (χ0v) is 7.33. The molecule has 0 aliphatic rings. The monoisotopic (exact) mass is 168 g/mol. The molecule has 1 aromatic rings.